The number of hydrogen-bond donors (Lipinski definition) is 1. The predicted molar refractivity (Wildman–Crippen MR) is 82.9 cm³/mol. The quantitative estimate of drug-likeness (QED) is 0.903. The summed E-state index contributed by atoms with van der Waals surface area (Å²) >= 11 is 0. The molecule has 0 spiro atoms. The van der Waals surface area contributed by atoms with Crippen LogP contribution >= 0.6 is 0 Å². The average Bonchev–Trinajstić information content (AvgIpc) is 2.78. The summed E-state index contributed by atoms with van der Waals surface area (Å²) in [5, 5.41) is 3.37. The number of piperidine rings is 1. The Kier molecular flexibility index (Phi) is 4.03. The van der Waals surface area contributed by atoms with Crippen LogP contribution in [0.2, 0.25) is 0 Å². The molecule has 2 aliphatic rings. The van der Waals surface area contributed by atoms with Gasteiger partial charge in [-0.15, -0.1) is 0 Å². The van der Waals surface area contributed by atoms with Gasteiger partial charge in [-0.05, 0) is 55.2 Å². The van der Waals surface area contributed by atoms with Gasteiger partial charge in [0.15, 0.2) is 0 Å². The smallest absolute Gasteiger partial charge is 0.262 e. The zero-order chi connectivity index (χ0) is 14.9. The highest BCUT2D eigenvalue weighted by molar-refractivity contribution is 5.64. The standard InChI is InChI=1S/C18H24NO2/c1-13(2)8-14-4-3-5-17(10-14)21-18(12-20)11-15-6-7-16(9-15)19-18/h3-5,10,13,15-16,19H,6-9,11H2,1-2H3. The Morgan fingerprint density at radius 3 is 3.00 bits per heavy atom. The van der Waals surface area contributed by atoms with Crippen LogP contribution in [0.15, 0.2) is 24.3 Å². The number of nitrogens with one attached hydrogen (secondary N) is 1. The van der Waals surface area contributed by atoms with Gasteiger partial charge in [-0.3, -0.25) is 10.1 Å². The van der Waals surface area contributed by atoms with Gasteiger partial charge in [-0.1, -0.05) is 26.0 Å². The fourth-order valence-corrected chi connectivity index (χ4v) is 3.76. The van der Waals surface area contributed by atoms with Gasteiger partial charge in [0, 0.05) is 12.5 Å². The third-order valence-corrected chi connectivity index (χ3v) is 4.55. The average molecular weight is 286 g/mol. The van der Waals surface area contributed by atoms with E-state index in [0.717, 1.165) is 25.0 Å². The van der Waals surface area contributed by atoms with Crippen molar-refractivity contribution in [1.82, 2.24) is 5.32 Å². The summed E-state index contributed by atoms with van der Waals surface area (Å²) in [5.41, 5.74) is 0.308. The molecule has 1 saturated heterocycles. The molecule has 1 aliphatic heterocycles. The van der Waals surface area contributed by atoms with Crippen molar-refractivity contribution >= 4 is 6.29 Å². The number of fused-ring (bicyclic) bond motifs is 2. The van der Waals surface area contributed by atoms with E-state index in [1.807, 2.05) is 12.1 Å². The van der Waals surface area contributed by atoms with Crippen LogP contribution in [-0.2, 0) is 11.2 Å². The monoisotopic (exact) mass is 286 g/mol. The molecule has 1 saturated carbocycles. The first kappa shape index (κ1) is 14.6. The maximum Gasteiger partial charge on any atom is 0.262 e. The van der Waals surface area contributed by atoms with E-state index in [1.54, 1.807) is 0 Å². The van der Waals surface area contributed by atoms with Crippen molar-refractivity contribution in [2.45, 2.75) is 57.7 Å². The summed E-state index contributed by atoms with van der Waals surface area (Å²) in [5.74, 6) is 1.97. The topological polar surface area (TPSA) is 38.3 Å². The van der Waals surface area contributed by atoms with Gasteiger partial charge >= 0.3 is 0 Å². The number of ether oxygens (including phenoxy) is 1. The van der Waals surface area contributed by atoms with Crippen molar-refractivity contribution in [3.05, 3.63) is 29.8 Å². The summed E-state index contributed by atoms with van der Waals surface area (Å²) < 4.78 is 6.06. The van der Waals surface area contributed by atoms with Crippen LogP contribution in [0.4, 0.5) is 0 Å². The fourth-order valence-electron chi connectivity index (χ4n) is 3.76. The summed E-state index contributed by atoms with van der Waals surface area (Å²) in [4.78, 5) is 11.6. The van der Waals surface area contributed by atoms with E-state index in [-0.39, 0.29) is 0 Å². The van der Waals surface area contributed by atoms with Crippen LogP contribution in [0.5, 0.6) is 5.75 Å². The summed E-state index contributed by atoms with van der Waals surface area (Å²) in [6, 6.07) is 8.51. The molecule has 1 N–H and O–H groups in total. The van der Waals surface area contributed by atoms with Crippen molar-refractivity contribution in [3.63, 3.8) is 0 Å². The lowest BCUT2D eigenvalue weighted by Crippen LogP contribution is -2.58. The van der Waals surface area contributed by atoms with Gasteiger partial charge in [-0.25, -0.2) is 0 Å². The van der Waals surface area contributed by atoms with E-state index in [1.165, 1.54) is 18.4 Å². The third kappa shape index (κ3) is 3.29. The van der Waals surface area contributed by atoms with E-state index in [0.29, 0.717) is 17.9 Å². The number of benzene rings is 1. The van der Waals surface area contributed by atoms with Gasteiger partial charge < -0.3 is 4.74 Å². The minimum Gasteiger partial charge on any atom is -0.465 e. The Hall–Kier alpha value is -1.35. The second kappa shape index (κ2) is 5.80. The van der Waals surface area contributed by atoms with E-state index in [9.17, 15) is 4.79 Å². The molecular formula is C18H24NO2. The largest absolute Gasteiger partial charge is 0.465 e. The van der Waals surface area contributed by atoms with Crippen LogP contribution < -0.4 is 10.1 Å². The summed E-state index contributed by atoms with van der Waals surface area (Å²) in [7, 11) is 0. The third-order valence-electron chi connectivity index (χ3n) is 4.55. The summed E-state index contributed by atoms with van der Waals surface area (Å²) in [6.07, 6.45) is 7.41. The molecule has 3 atom stereocenters. The molecule has 2 fully saturated rings. The zero-order valence-corrected chi connectivity index (χ0v) is 12.9. The van der Waals surface area contributed by atoms with Crippen molar-refractivity contribution < 1.29 is 9.53 Å². The highest BCUT2D eigenvalue weighted by atomic mass is 16.5. The Labute approximate surface area is 127 Å². The second-order valence-corrected chi connectivity index (χ2v) is 7.00. The molecule has 1 radical (unpaired) electrons. The normalized spacial score (nSPS) is 31.4. The molecule has 2 bridgehead atoms. The minimum atomic E-state index is -0.944. The maximum absolute atomic E-state index is 11.6. The van der Waals surface area contributed by atoms with E-state index in [4.69, 9.17) is 4.74 Å². The van der Waals surface area contributed by atoms with Crippen molar-refractivity contribution in [3.8, 4) is 5.75 Å². The minimum absolute atomic E-state index is 0.407. The lowest BCUT2D eigenvalue weighted by molar-refractivity contribution is 0.0448. The predicted octanol–water partition coefficient (Wildman–Crippen LogP) is 3.23. The van der Waals surface area contributed by atoms with Gasteiger partial charge in [-0.2, -0.15) is 0 Å². The highest BCUT2D eigenvalue weighted by Gasteiger charge is 2.46. The van der Waals surface area contributed by atoms with Gasteiger partial charge in [0.1, 0.15) is 5.75 Å². The lowest BCUT2D eigenvalue weighted by Gasteiger charge is -2.37. The number of hydrogen-bond acceptors (Lipinski definition) is 3. The Balaban J connectivity index is 1.76. The van der Waals surface area contributed by atoms with Gasteiger partial charge in [0.25, 0.3) is 6.29 Å². The molecule has 3 nitrogen and oxygen atoms in total. The molecular weight excluding hydrogens is 262 g/mol. The molecule has 113 valence electrons. The Morgan fingerprint density at radius 1 is 1.43 bits per heavy atom. The molecule has 3 rings (SSSR count). The van der Waals surface area contributed by atoms with E-state index < -0.39 is 5.72 Å². The van der Waals surface area contributed by atoms with E-state index >= 15 is 0 Å². The first-order valence-electron chi connectivity index (χ1n) is 8.03. The zero-order valence-electron chi connectivity index (χ0n) is 12.9. The van der Waals surface area contributed by atoms with Crippen molar-refractivity contribution in [1.29, 1.82) is 0 Å². The number of rotatable bonds is 5. The molecule has 0 aromatic heterocycles. The molecule has 21 heavy (non-hydrogen) atoms. The van der Waals surface area contributed by atoms with Crippen molar-refractivity contribution in [2.24, 2.45) is 11.8 Å². The van der Waals surface area contributed by atoms with Gasteiger partial charge in [0.2, 0.25) is 5.72 Å². The van der Waals surface area contributed by atoms with E-state index in [2.05, 4.69) is 37.6 Å². The number of carbonyl (C=O) groups excluding carboxylic acids is 1. The van der Waals surface area contributed by atoms with Crippen LogP contribution in [-0.4, -0.2) is 18.1 Å². The van der Waals surface area contributed by atoms with Crippen molar-refractivity contribution in [2.75, 3.05) is 0 Å². The molecule has 0 amide bonds. The summed E-state index contributed by atoms with van der Waals surface area (Å²) in [6.45, 7) is 4.41. The molecule has 3 heteroatoms. The van der Waals surface area contributed by atoms with Crippen LogP contribution in [0.1, 0.15) is 45.1 Å². The molecule has 1 aromatic rings. The first-order valence-corrected chi connectivity index (χ1v) is 8.03. The highest BCUT2D eigenvalue weighted by Crippen LogP contribution is 2.38. The molecule has 1 aromatic carbocycles. The fraction of sp³-hybridized carbons (Fsp3) is 0.611. The van der Waals surface area contributed by atoms with Gasteiger partial charge in [0.05, 0.1) is 0 Å². The van der Waals surface area contributed by atoms with Crippen LogP contribution in [0, 0.1) is 11.8 Å². The molecule has 3 unspecified atom stereocenters. The molecule has 1 aliphatic carbocycles. The first-order chi connectivity index (χ1) is 10.1. The van der Waals surface area contributed by atoms with Crippen LogP contribution in [0.3, 0.4) is 0 Å². The maximum atomic E-state index is 11.6. The second-order valence-electron chi connectivity index (χ2n) is 7.00. The molecule has 1 heterocycles. The Bertz CT molecular complexity index is 500. The lowest BCUT2D eigenvalue weighted by atomic mass is 9.92. The Morgan fingerprint density at radius 2 is 2.29 bits per heavy atom. The SMILES string of the molecule is CC(C)Cc1cccc(OC2([C]=O)CC3CCC(C3)N2)c1. The van der Waals surface area contributed by atoms with Crippen LogP contribution in [0.25, 0.3) is 0 Å².